The van der Waals surface area contributed by atoms with Gasteiger partial charge < -0.3 is 26.0 Å². The van der Waals surface area contributed by atoms with Gasteiger partial charge in [-0.15, -0.1) is 5.10 Å². The van der Waals surface area contributed by atoms with E-state index < -0.39 is 0 Å². The molecule has 11 heteroatoms. The molecular weight excluding hydrogens is 452 g/mol. The van der Waals surface area contributed by atoms with Gasteiger partial charge in [0.1, 0.15) is 11.6 Å². The highest BCUT2D eigenvalue weighted by Gasteiger charge is 2.16. The van der Waals surface area contributed by atoms with Gasteiger partial charge in [-0.05, 0) is 82.2 Å². The molecule has 0 unspecified atom stereocenters. The monoisotopic (exact) mass is 482 g/mol. The number of ether oxygens (including phenoxy) is 1. The summed E-state index contributed by atoms with van der Waals surface area (Å²) in [5.74, 6) is 1.87. The fraction of sp³-hybridized carbons (Fsp3) is 0.391. The Bertz CT molecular complexity index is 1130. The number of carbonyl (C=O) groups is 1. The number of benzene rings is 1. The van der Waals surface area contributed by atoms with Crippen molar-refractivity contribution in [2.24, 2.45) is 0 Å². The van der Waals surface area contributed by atoms with Gasteiger partial charge in [-0.25, -0.2) is 14.8 Å². The molecule has 1 aliphatic rings. The molecule has 3 aromatic rings. The fourth-order valence-corrected chi connectivity index (χ4v) is 4.52. The van der Waals surface area contributed by atoms with Crippen molar-refractivity contribution in [2.45, 2.75) is 49.7 Å². The van der Waals surface area contributed by atoms with Gasteiger partial charge in [0.15, 0.2) is 5.16 Å². The van der Waals surface area contributed by atoms with Crippen LogP contribution in [0, 0.1) is 13.8 Å². The zero-order valence-corrected chi connectivity index (χ0v) is 20.4. The molecule has 4 rings (SSSR count). The summed E-state index contributed by atoms with van der Waals surface area (Å²) in [4.78, 5) is 22.5. The van der Waals surface area contributed by atoms with Crippen molar-refractivity contribution in [1.82, 2.24) is 30.8 Å². The van der Waals surface area contributed by atoms with E-state index in [0.29, 0.717) is 29.3 Å². The van der Waals surface area contributed by atoms with E-state index in [9.17, 15) is 4.79 Å². The Morgan fingerprint density at radius 2 is 2.00 bits per heavy atom. The second kappa shape index (κ2) is 11.2. The summed E-state index contributed by atoms with van der Waals surface area (Å²) in [6.45, 7) is 8.26. The lowest BCUT2D eigenvalue weighted by Gasteiger charge is -2.23. The molecule has 0 bridgehead atoms. The molecule has 3 heterocycles. The number of urea groups is 1. The molecule has 1 saturated heterocycles. The highest BCUT2D eigenvalue weighted by Crippen LogP contribution is 2.31. The molecular formula is C23H30N8O2S. The first-order chi connectivity index (χ1) is 16.5. The highest BCUT2D eigenvalue weighted by molar-refractivity contribution is 7.99. The summed E-state index contributed by atoms with van der Waals surface area (Å²) in [6.07, 6.45) is 1.90. The molecule has 0 spiro atoms. The van der Waals surface area contributed by atoms with Gasteiger partial charge >= 0.3 is 6.03 Å². The number of aromatic nitrogens is 4. The largest absolute Gasteiger partial charge is 0.477 e. The van der Waals surface area contributed by atoms with Gasteiger partial charge in [0.25, 0.3) is 0 Å². The minimum Gasteiger partial charge on any atom is -0.477 e. The van der Waals surface area contributed by atoms with E-state index in [0.717, 1.165) is 47.8 Å². The normalized spacial score (nSPS) is 14.0. The molecule has 2 aromatic heterocycles. The van der Waals surface area contributed by atoms with Crippen molar-refractivity contribution in [3.05, 3.63) is 41.6 Å². The molecule has 0 saturated carbocycles. The van der Waals surface area contributed by atoms with E-state index >= 15 is 0 Å². The van der Waals surface area contributed by atoms with Crippen molar-refractivity contribution >= 4 is 35.1 Å². The number of nitrogens with one attached hydrogen (secondary N) is 5. The van der Waals surface area contributed by atoms with Gasteiger partial charge in [-0.3, -0.25) is 5.10 Å². The number of aromatic amines is 1. The first-order valence-electron chi connectivity index (χ1n) is 11.4. The Morgan fingerprint density at radius 3 is 2.76 bits per heavy atom. The van der Waals surface area contributed by atoms with E-state index in [1.54, 1.807) is 6.07 Å². The van der Waals surface area contributed by atoms with E-state index in [4.69, 9.17) is 4.74 Å². The number of piperidine rings is 1. The minimum absolute atomic E-state index is 0.171. The van der Waals surface area contributed by atoms with Crippen LogP contribution in [-0.2, 0) is 0 Å². The number of aryl methyl sites for hydroxylation is 2. The number of hydrogen-bond acceptors (Lipinski definition) is 8. The van der Waals surface area contributed by atoms with Gasteiger partial charge in [-0.1, -0.05) is 0 Å². The fourth-order valence-electron chi connectivity index (χ4n) is 3.64. The Balaban J connectivity index is 1.39. The van der Waals surface area contributed by atoms with Crippen molar-refractivity contribution in [1.29, 1.82) is 0 Å². The summed E-state index contributed by atoms with van der Waals surface area (Å²) in [6, 6.07) is 9.52. The van der Waals surface area contributed by atoms with Crippen LogP contribution in [0.15, 0.2) is 40.4 Å². The summed E-state index contributed by atoms with van der Waals surface area (Å²) in [7, 11) is 0. The zero-order valence-electron chi connectivity index (χ0n) is 19.6. The molecule has 1 aliphatic heterocycles. The Kier molecular flexibility index (Phi) is 7.86. The van der Waals surface area contributed by atoms with Gasteiger partial charge in [0, 0.05) is 34.5 Å². The third-order valence-electron chi connectivity index (χ3n) is 5.25. The number of hydrogen-bond donors (Lipinski definition) is 5. The average molecular weight is 483 g/mol. The number of rotatable bonds is 8. The number of amides is 2. The highest BCUT2D eigenvalue weighted by atomic mass is 32.2. The summed E-state index contributed by atoms with van der Waals surface area (Å²) in [5.41, 5.74) is 2.62. The standard InChI is InChI=1S/C23H30N8O2S/c1-4-33-21-13-20(30-31-21)28-19-12-15(3)25-23(29-19)34-18-6-5-17(11-14(18)2)27-22(32)26-16-7-9-24-10-8-16/h5-6,11-13,16,24H,4,7-10H2,1-3H3,(H2,26,27,32)(H2,25,28,29,30,31). The van der Waals surface area contributed by atoms with E-state index in [1.165, 1.54) is 11.8 Å². The number of carbonyl (C=O) groups excluding carboxylic acids is 1. The number of anilines is 3. The Labute approximate surface area is 203 Å². The Morgan fingerprint density at radius 1 is 1.18 bits per heavy atom. The lowest BCUT2D eigenvalue weighted by Crippen LogP contribution is -2.44. The van der Waals surface area contributed by atoms with E-state index in [2.05, 4.69) is 41.4 Å². The van der Waals surface area contributed by atoms with Crippen LogP contribution in [-0.4, -0.2) is 51.9 Å². The average Bonchev–Trinajstić information content (AvgIpc) is 3.23. The van der Waals surface area contributed by atoms with Crippen LogP contribution in [0.5, 0.6) is 5.88 Å². The van der Waals surface area contributed by atoms with Crippen molar-refractivity contribution in [3.63, 3.8) is 0 Å². The second-order valence-corrected chi connectivity index (χ2v) is 9.07. The first-order valence-corrected chi connectivity index (χ1v) is 12.2. The quantitative estimate of drug-likeness (QED) is 0.305. The molecule has 5 N–H and O–H groups in total. The second-order valence-electron chi connectivity index (χ2n) is 8.06. The number of nitrogens with zero attached hydrogens (tertiary/aromatic N) is 3. The molecule has 2 amide bonds. The predicted molar refractivity (Wildman–Crippen MR) is 133 cm³/mol. The van der Waals surface area contributed by atoms with Crippen molar-refractivity contribution < 1.29 is 9.53 Å². The summed E-state index contributed by atoms with van der Waals surface area (Å²) < 4.78 is 5.38. The van der Waals surface area contributed by atoms with Crippen LogP contribution in [0.4, 0.5) is 22.1 Å². The van der Waals surface area contributed by atoms with Crippen molar-refractivity contribution in [2.75, 3.05) is 30.3 Å². The third-order valence-corrected chi connectivity index (χ3v) is 6.29. The first kappa shape index (κ1) is 23.8. The van der Waals surface area contributed by atoms with Crippen molar-refractivity contribution in [3.8, 4) is 5.88 Å². The van der Waals surface area contributed by atoms with Crippen LogP contribution >= 0.6 is 11.8 Å². The molecule has 1 fully saturated rings. The van der Waals surface area contributed by atoms with Gasteiger partial charge in [0.2, 0.25) is 5.88 Å². The van der Waals surface area contributed by atoms with Gasteiger partial charge in [0.05, 0.1) is 6.61 Å². The molecule has 10 nitrogen and oxygen atoms in total. The van der Waals surface area contributed by atoms with Crippen LogP contribution in [0.1, 0.15) is 31.0 Å². The molecule has 180 valence electrons. The maximum atomic E-state index is 12.3. The minimum atomic E-state index is -0.171. The number of H-pyrrole nitrogens is 1. The molecule has 34 heavy (non-hydrogen) atoms. The van der Waals surface area contributed by atoms with Crippen LogP contribution in [0.25, 0.3) is 0 Å². The van der Waals surface area contributed by atoms with Gasteiger partial charge in [-0.2, -0.15) is 0 Å². The molecule has 0 aliphatic carbocycles. The lowest BCUT2D eigenvalue weighted by molar-refractivity contribution is 0.245. The predicted octanol–water partition coefficient (Wildman–Crippen LogP) is 3.98. The SMILES string of the molecule is CCOc1cc(Nc2cc(C)nc(Sc3ccc(NC(=O)NC4CCNCC4)cc3C)n2)[nH]n1. The molecule has 0 radical (unpaired) electrons. The Hall–Kier alpha value is -3.31. The summed E-state index contributed by atoms with van der Waals surface area (Å²) in [5, 5.41) is 20.1. The zero-order chi connectivity index (χ0) is 23.9. The topological polar surface area (TPSA) is 129 Å². The lowest BCUT2D eigenvalue weighted by atomic mass is 10.1. The van der Waals surface area contributed by atoms with Crippen LogP contribution < -0.4 is 26.0 Å². The van der Waals surface area contributed by atoms with E-state index in [1.807, 2.05) is 45.0 Å². The third kappa shape index (κ3) is 6.61. The molecule has 1 aromatic carbocycles. The summed E-state index contributed by atoms with van der Waals surface area (Å²) >= 11 is 1.47. The maximum absolute atomic E-state index is 12.3. The maximum Gasteiger partial charge on any atom is 0.319 e. The smallest absolute Gasteiger partial charge is 0.319 e. The van der Waals surface area contributed by atoms with E-state index in [-0.39, 0.29) is 12.1 Å². The van der Waals surface area contributed by atoms with Crippen LogP contribution in [0.2, 0.25) is 0 Å². The molecule has 0 atom stereocenters. The van der Waals surface area contributed by atoms with Crippen LogP contribution in [0.3, 0.4) is 0 Å².